The molecule has 7 atom stereocenters. The fourth-order valence-electron chi connectivity index (χ4n) is 9.39. The van der Waals surface area contributed by atoms with Crippen LogP contribution in [-0.4, -0.2) is 105 Å². The van der Waals surface area contributed by atoms with Crippen LogP contribution in [0.2, 0.25) is 0 Å². The monoisotopic (exact) mass is 737 g/mol. The van der Waals surface area contributed by atoms with Crippen LogP contribution in [0.25, 0.3) is 10.1 Å². The molecular weight excluding hydrogens is 692 g/mol. The molecule has 3 amide bonds. The molecule has 3 aromatic rings. The molecule has 4 aliphatic heterocycles. The quantitative estimate of drug-likeness (QED) is 0.248. The maximum absolute atomic E-state index is 14.7. The van der Waals surface area contributed by atoms with Crippen molar-refractivity contribution in [2.75, 3.05) is 26.7 Å². The third kappa shape index (κ3) is 6.23. The molecule has 272 valence electrons. The summed E-state index contributed by atoms with van der Waals surface area (Å²) < 4.78 is 26.6. The molecule has 5 heterocycles. The molecule has 1 saturated carbocycles. The van der Waals surface area contributed by atoms with Crippen LogP contribution in [0.3, 0.4) is 0 Å². The zero-order valence-electron chi connectivity index (χ0n) is 28.6. The summed E-state index contributed by atoms with van der Waals surface area (Å²) in [5, 5.41) is 7.04. The highest BCUT2D eigenvalue weighted by atomic mass is 32.1. The van der Waals surface area contributed by atoms with Gasteiger partial charge in [0, 0.05) is 35.3 Å². The van der Waals surface area contributed by atoms with Gasteiger partial charge in [-0.15, -0.1) is 11.3 Å². The zero-order valence-corrected chi connectivity index (χ0v) is 30.3. The Morgan fingerprint density at radius 3 is 2.43 bits per heavy atom. The fraction of sp³-hybridized carbons (Fsp3) is 0.541. The molecule has 14 heteroatoms. The summed E-state index contributed by atoms with van der Waals surface area (Å²) in [6.45, 7) is 2.62. The molecule has 1 aromatic heterocycles. The van der Waals surface area contributed by atoms with Crippen molar-refractivity contribution in [3.05, 3.63) is 70.6 Å². The number of likely N-dealkylation sites (N-methyl/N-ethyl adjacent to an activating group) is 1. The lowest BCUT2D eigenvalue weighted by Crippen LogP contribution is -2.60. The Balaban J connectivity index is 1.05. The van der Waals surface area contributed by atoms with E-state index in [1.54, 1.807) is 12.1 Å². The van der Waals surface area contributed by atoms with Gasteiger partial charge in [0.15, 0.2) is 0 Å². The summed E-state index contributed by atoms with van der Waals surface area (Å²) >= 11 is 1.17. The number of carbonyl (C=O) groups excluding carboxylic acids is 3. The highest BCUT2D eigenvalue weighted by molar-refractivity contribution is 7.51. The molecule has 5 aliphatic rings. The molecular formula is C37H45FN5O6PS. The number of amides is 3. The molecule has 2 aromatic carbocycles. The van der Waals surface area contributed by atoms with Gasteiger partial charge in [0.05, 0.1) is 10.4 Å². The SMILES string of the molecule is CN[C@H]1[C@H](c2ccccc2)CN(C(=O)[C@@H]2CC[C@@H]3C[C@@H](N4CCC4)CC[C@H](NC(=O)c4cc5cc([C@@H](F)P(=O)(O)O)ccc5s4)C(=O)N32)C12CC2. The standard InChI is InChI=1S/C37H45FN5O6PS/c1-39-32-27(22-6-3-2-4-7-22)21-42(37(32)14-15-37)36(46)29-12-10-26-20-25(41-16-5-17-41)9-11-28(35(45)43(26)29)40-34(44)31-19-24-18-23(8-13-30(24)51-31)33(38)50(47,48)49/h2-4,6-8,13,18-19,25-29,32-33,39H,5,9-12,14-17,20-21H2,1H3,(H,40,44)(H2,47,48,49)/t25-,26+,27-,28-,29-,32-,33-/m0/s1. The number of carbonyl (C=O) groups is 3. The fourth-order valence-corrected chi connectivity index (χ4v) is 10.9. The number of hydrogen-bond acceptors (Lipinski definition) is 7. The molecule has 4 saturated heterocycles. The second kappa shape index (κ2) is 13.3. The van der Waals surface area contributed by atoms with E-state index in [-0.39, 0.29) is 47.0 Å². The Morgan fingerprint density at radius 1 is 1.02 bits per heavy atom. The lowest BCUT2D eigenvalue weighted by atomic mass is 9.90. The predicted molar refractivity (Wildman–Crippen MR) is 192 cm³/mol. The number of fused-ring (bicyclic) bond motifs is 2. The lowest BCUT2D eigenvalue weighted by Gasteiger charge is -2.44. The smallest absolute Gasteiger partial charge is 0.340 e. The van der Waals surface area contributed by atoms with Gasteiger partial charge in [-0.05, 0) is 106 Å². The van der Waals surface area contributed by atoms with Crippen molar-refractivity contribution in [3.8, 4) is 0 Å². The second-order valence-corrected chi connectivity index (χ2v) is 17.8. The van der Waals surface area contributed by atoms with Crippen LogP contribution in [0.4, 0.5) is 4.39 Å². The van der Waals surface area contributed by atoms with Gasteiger partial charge in [-0.25, -0.2) is 4.39 Å². The van der Waals surface area contributed by atoms with Crippen LogP contribution >= 0.6 is 18.9 Å². The minimum Gasteiger partial charge on any atom is -0.340 e. The van der Waals surface area contributed by atoms with E-state index in [1.807, 2.05) is 30.1 Å². The predicted octanol–water partition coefficient (Wildman–Crippen LogP) is 4.51. The van der Waals surface area contributed by atoms with Crippen molar-refractivity contribution in [3.63, 3.8) is 0 Å². The van der Waals surface area contributed by atoms with Gasteiger partial charge in [0.25, 0.3) is 5.91 Å². The number of alkyl halides is 1. The van der Waals surface area contributed by atoms with Crippen LogP contribution in [0.1, 0.15) is 84.0 Å². The number of nitrogens with zero attached hydrogens (tertiary/aromatic N) is 3. The average Bonchev–Trinajstić information content (AvgIpc) is 3.43. The van der Waals surface area contributed by atoms with Gasteiger partial charge in [-0.3, -0.25) is 18.9 Å². The molecule has 4 N–H and O–H groups in total. The van der Waals surface area contributed by atoms with E-state index in [2.05, 4.69) is 32.6 Å². The highest BCUT2D eigenvalue weighted by Gasteiger charge is 2.64. The van der Waals surface area contributed by atoms with Crippen molar-refractivity contribution in [2.24, 2.45) is 0 Å². The summed E-state index contributed by atoms with van der Waals surface area (Å²) in [4.78, 5) is 68.5. The molecule has 11 nitrogen and oxygen atoms in total. The third-order valence-electron chi connectivity index (χ3n) is 12.2. The normalized spacial score (nSPS) is 29.8. The second-order valence-electron chi connectivity index (χ2n) is 15.0. The Morgan fingerprint density at radius 2 is 1.76 bits per heavy atom. The number of likely N-dealkylation sites (tertiary alicyclic amines) is 2. The Bertz CT molecular complexity index is 1880. The van der Waals surface area contributed by atoms with Crippen molar-refractivity contribution in [1.29, 1.82) is 0 Å². The van der Waals surface area contributed by atoms with Gasteiger partial charge in [0.1, 0.15) is 12.1 Å². The van der Waals surface area contributed by atoms with E-state index in [1.165, 1.54) is 29.0 Å². The summed E-state index contributed by atoms with van der Waals surface area (Å²) in [6, 6.07) is 15.0. The van der Waals surface area contributed by atoms with Gasteiger partial charge >= 0.3 is 7.60 Å². The average molecular weight is 738 g/mol. The molecule has 51 heavy (non-hydrogen) atoms. The maximum atomic E-state index is 14.7. The number of rotatable bonds is 8. The number of nitrogens with one attached hydrogen (secondary N) is 2. The number of benzene rings is 2. The van der Waals surface area contributed by atoms with E-state index in [4.69, 9.17) is 0 Å². The highest BCUT2D eigenvalue weighted by Crippen LogP contribution is 2.55. The Kier molecular flexibility index (Phi) is 9.12. The Hall–Kier alpha value is -3.19. The van der Waals surface area contributed by atoms with E-state index in [0.717, 1.165) is 51.6 Å². The van der Waals surface area contributed by atoms with Crippen LogP contribution in [-0.2, 0) is 14.2 Å². The summed E-state index contributed by atoms with van der Waals surface area (Å²) in [5.74, 6) is -2.96. The molecule has 0 radical (unpaired) electrons. The van der Waals surface area contributed by atoms with Crippen LogP contribution in [0, 0.1) is 0 Å². The number of hydrogen-bond donors (Lipinski definition) is 4. The maximum Gasteiger partial charge on any atom is 0.363 e. The van der Waals surface area contributed by atoms with Gasteiger partial charge in [0.2, 0.25) is 17.7 Å². The van der Waals surface area contributed by atoms with E-state index in [0.29, 0.717) is 34.3 Å². The van der Waals surface area contributed by atoms with Crippen molar-refractivity contribution < 1.29 is 33.1 Å². The molecule has 5 fully saturated rings. The van der Waals surface area contributed by atoms with Crippen LogP contribution in [0.5, 0.6) is 0 Å². The summed E-state index contributed by atoms with van der Waals surface area (Å²) in [5.41, 5.74) is 0.776. The van der Waals surface area contributed by atoms with Gasteiger partial charge < -0.3 is 35.1 Å². The zero-order chi connectivity index (χ0) is 35.7. The molecule has 1 spiro atoms. The first-order valence-corrected chi connectivity index (χ1v) is 20.6. The van der Waals surface area contributed by atoms with Gasteiger partial charge in [-0.2, -0.15) is 0 Å². The summed E-state index contributed by atoms with van der Waals surface area (Å²) in [6.07, 6.45) is 6.35. The first kappa shape index (κ1) is 34.9. The first-order chi connectivity index (χ1) is 24.5. The van der Waals surface area contributed by atoms with E-state index in [9.17, 15) is 33.1 Å². The van der Waals surface area contributed by atoms with E-state index >= 15 is 0 Å². The molecule has 1 aliphatic carbocycles. The molecule has 0 bridgehead atoms. The van der Waals surface area contributed by atoms with Gasteiger partial charge in [-0.1, -0.05) is 36.4 Å². The van der Waals surface area contributed by atoms with Crippen LogP contribution < -0.4 is 10.6 Å². The van der Waals surface area contributed by atoms with Crippen molar-refractivity contribution in [2.45, 2.75) is 98.9 Å². The van der Waals surface area contributed by atoms with E-state index < -0.39 is 31.5 Å². The minimum absolute atomic E-state index is 0.00923. The largest absolute Gasteiger partial charge is 0.363 e. The van der Waals surface area contributed by atoms with Crippen molar-refractivity contribution >= 4 is 46.7 Å². The number of halogens is 1. The first-order valence-electron chi connectivity index (χ1n) is 18.1. The number of thiophene rings is 1. The van der Waals surface area contributed by atoms with Crippen LogP contribution in [0.15, 0.2) is 54.6 Å². The molecule has 8 rings (SSSR count). The summed E-state index contributed by atoms with van der Waals surface area (Å²) in [7, 11) is -3.02. The Labute approximate surface area is 300 Å². The minimum atomic E-state index is -4.99. The lowest BCUT2D eigenvalue weighted by molar-refractivity contribution is -0.148. The topological polar surface area (TPSA) is 143 Å². The molecule has 0 unspecified atom stereocenters. The third-order valence-corrected chi connectivity index (χ3v) is 14.2. The van der Waals surface area contributed by atoms with Crippen molar-refractivity contribution in [1.82, 2.24) is 25.3 Å².